The number of allylic oxidation sites excluding steroid dienone is 6. The van der Waals surface area contributed by atoms with E-state index >= 15 is 0 Å². The molecule has 3 saturated carbocycles. The lowest BCUT2D eigenvalue weighted by atomic mass is 9.62. The van der Waals surface area contributed by atoms with E-state index in [1.165, 1.54) is 38.3 Å². The molecule has 0 unspecified atom stereocenters. The van der Waals surface area contributed by atoms with Gasteiger partial charge in [0.05, 0.1) is 12.2 Å². The Morgan fingerprint density at radius 3 is 1.64 bits per heavy atom. The summed E-state index contributed by atoms with van der Waals surface area (Å²) in [6.07, 6.45) is 16.1. The molecule has 3 fully saturated rings. The molecule has 0 saturated heterocycles. The smallest absolute Gasteiger partial charge is 0.261 e. The maximum absolute atomic E-state index is 11.2. The first-order chi connectivity index (χ1) is 29.2. The minimum Gasteiger partial charge on any atom is -0.404 e. The van der Waals surface area contributed by atoms with Gasteiger partial charge in [-0.2, -0.15) is 0 Å². The van der Waals surface area contributed by atoms with E-state index in [-0.39, 0.29) is 27.7 Å². The van der Waals surface area contributed by atoms with Crippen molar-refractivity contribution >= 4 is 43.7 Å². The molecule has 0 spiro atoms. The van der Waals surface area contributed by atoms with Crippen LogP contribution in [-0.4, -0.2) is 35.1 Å². The average molecular weight is 845 g/mol. The fraction of sp³-hybridized carbons (Fsp3) is 0.375. The molecule has 0 aromatic heterocycles. The van der Waals surface area contributed by atoms with Gasteiger partial charge in [-0.15, -0.1) is 0 Å². The molecule has 0 radical (unpaired) electrons. The number of hydrogen-bond donors (Lipinski definition) is 0. The number of rotatable bonds is 12. The number of hydrogen-bond acceptors (Lipinski definition) is 3. The third kappa shape index (κ3) is 8.56. The molecule has 0 amide bonds. The van der Waals surface area contributed by atoms with Crippen LogP contribution in [0.5, 0.6) is 0 Å². The zero-order valence-corrected chi connectivity index (χ0v) is 39.8. The van der Waals surface area contributed by atoms with Crippen molar-refractivity contribution < 1.29 is 13.6 Å². The third-order valence-corrected chi connectivity index (χ3v) is 24.7. The highest BCUT2D eigenvalue weighted by atomic mass is 28.4. The third-order valence-electron chi connectivity index (χ3n) is 14.5. The van der Waals surface area contributed by atoms with Gasteiger partial charge in [0.25, 0.3) is 16.6 Å². The van der Waals surface area contributed by atoms with Gasteiger partial charge in [-0.05, 0) is 104 Å². The van der Waals surface area contributed by atoms with Crippen LogP contribution in [0.2, 0.25) is 10.1 Å². The molecular formula is C56H68O3Si2. The molecule has 4 aromatic carbocycles. The predicted octanol–water partition coefficient (Wildman–Crippen LogP) is 11.6. The van der Waals surface area contributed by atoms with E-state index in [0.29, 0.717) is 11.8 Å². The van der Waals surface area contributed by atoms with Crippen LogP contribution >= 0.6 is 0 Å². The molecule has 318 valence electrons. The largest absolute Gasteiger partial charge is 0.404 e. The molecule has 61 heavy (non-hydrogen) atoms. The lowest BCUT2D eigenvalue weighted by molar-refractivity contribution is -0.104. The Kier molecular flexibility index (Phi) is 13.3. The van der Waals surface area contributed by atoms with E-state index in [2.05, 4.69) is 189 Å². The Morgan fingerprint density at radius 2 is 1.18 bits per heavy atom. The van der Waals surface area contributed by atoms with Crippen molar-refractivity contribution in [3.05, 3.63) is 181 Å². The summed E-state index contributed by atoms with van der Waals surface area (Å²) < 4.78 is 16.0. The fourth-order valence-electron chi connectivity index (χ4n) is 11.6. The highest BCUT2D eigenvalue weighted by molar-refractivity contribution is 7.00. The molecule has 0 heterocycles. The zero-order valence-electron chi connectivity index (χ0n) is 37.8. The van der Waals surface area contributed by atoms with Crippen LogP contribution in [0.4, 0.5) is 0 Å². The second kappa shape index (κ2) is 18.1. The second-order valence-corrected chi connectivity index (χ2v) is 28.7. The van der Waals surface area contributed by atoms with E-state index in [0.717, 1.165) is 56.0 Å². The van der Waals surface area contributed by atoms with Gasteiger partial charge < -0.3 is 8.85 Å². The summed E-state index contributed by atoms with van der Waals surface area (Å²) in [6, 6.07) is 44.1. The standard InChI is InChI=1S/C56H68O3Si2/c1-42(24-23-39-57)51-36-37-52-44(25-22-38-56(51,52)9)34-35-45-40-46(58-60(54(3,4)5,47-26-14-10-15-27-47)48-28-16-11-17-29-48)41-53(43(45)2)59-61(55(6,7)8,49-30-18-12-19-31-49)50-32-20-13-21-33-50/h10-21,23-24,26-35,39,46,51-53H,1-2,22,25,36-38,40-41H2,3-9H3/b24-23+,44-34+,45-35-/t46-,51-,52+,53+,56-/m1/s1. The minimum absolute atomic E-state index is 0.106. The van der Waals surface area contributed by atoms with Gasteiger partial charge in [-0.3, -0.25) is 4.79 Å². The van der Waals surface area contributed by atoms with Crippen LogP contribution in [0.1, 0.15) is 93.4 Å². The Balaban J connectivity index is 1.36. The van der Waals surface area contributed by atoms with E-state index in [4.69, 9.17) is 15.4 Å². The van der Waals surface area contributed by atoms with Crippen LogP contribution in [0.25, 0.3) is 0 Å². The Labute approximate surface area is 369 Å². The van der Waals surface area contributed by atoms with Gasteiger partial charge in [-0.1, -0.05) is 212 Å². The van der Waals surface area contributed by atoms with Gasteiger partial charge in [0.2, 0.25) is 0 Å². The number of carbonyl (C=O) groups excluding carboxylic acids is 1. The normalized spacial score (nSPS) is 25.2. The topological polar surface area (TPSA) is 35.5 Å². The number of benzene rings is 4. The summed E-state index contributed by atoms with van der Waals surface area (Å²) in [4.78, 5) is 11.2. The summed E-state index contributed by atoms with van der Waals surface area (Å²) in [6.45, 7) is 26.1. The Morgan fingerprint density at radius 1 is 0.705 bits per heavy atom. The molecule has 4 aromatic rings. The molecule has 3 nitrogen and oxygen atoms in total. The summed E-state index contributed by atoms with van der Waals surface area (Å²) in [7, 11) is -5.86. The minimum atomic E-state index is -2.96. The van der Waals surface area contributed by atoms with Gasteiger partial charge in [0.15, 0.2) is 0 Å². The summed E-state index contributed by atoms with van der Waals surface area (Å²) in [5, 5.41) is 4.76. The monoisotopic (exact) mass is 844 g/mol. The maximum Gasteiger partial charge on any atom is 0.261 e. The first kappa shape index (κ1) is 44.7. The van der Waals surface area contributed by atoms with Crippen molar-refractivity contribution in [3.63, 3.8) is 0 Å². The van der Waals surface area contributed by atoms with Crippen molar-refractivity contribution in [1.82, 2.24) is 0 Å². The predicted molar refractivity (Wildman–Crippen MR) is 262 cm³/mol. The molecule has 3 aliphatic rings. The van der Waals surface area contributed by atoms with Crippen molar-refractivity contribution in [2.24, 2.45) is 17.3 Å². The molecular weight excluding hydrogens is 777 g/mol. The first-order valence-electron chi connectivity index (χ1n) is 22.6. The van der Waals surface area contributed by atoms with Crippen LogP contribution in [-0.2, 0) is 13.6 Å². The zero-order chi connectivity index (χ0) is 43.5. The molecule has 0 bridgehead atoms. The van der Waals surface area contributed by atoms with Crippen LogP contribution in [0.15, 0.2) is 181 Å². The second-order valence-electron chi connectivity index (χ2n) is 20.2. The Bertz CT molecular complexity index is 2170. The van der Waals surface area contributed by atoms with Gasteiger partial charge >= 0.3 is 0 Å². The van der Waals surface area contributed by atoms with E-state index in [9.17, 15) is 4.79 Å². The molecule has 0 aliphatic heterocycles. The Hall–Kier alpha value is -4.40. The number of carbonyl (C=O) groups is 1. The molecule has 5 atom stereocenters. The van der Waals surface area contributed by atoms with Gasteiger partial charge in [0.1, 0.15) is 6.29 Å². The maximum atomic E-state index is 11.2. The summed E-state index contributed by atoms with van der Waals surface area (Å²) >= 11 is 0. The number of fused-ring (bicyclic) bond motifs is 1. The lowest BCUT2D eigenvalue weighted by Crippen LogP contribution is -2.69. The van der Waals surface area contributed by atoms with E-state index in [1.54, 1.807) is 6.08 Å². The van der Waals surface area contributed by atoms with Crippen LogP contribution in [0.3, 0.4) is 0 Å². The van der Waals surface area contributed by atoms with E-state index in [1.807, 2.05) is 6.08 Å². The number of aldehydes is 1. The summed E-state index contributed by atoms with van der Waals surface area (Å²) in [5.41, 5.74) is 5.04. The quantitative estimate of drug-likeness (QED) is 0.0617. The van der Waals surface area contributed by atoms with Crippen molar-refractivity contribution in [1.29, 1.82) is 0 Å². The van der Waals surface area contributed by atoms with Gasteiger partial charge in [-0.25, -0.2) is 0 Å². The van der Waals surface area contributed by atoms with Crippen LogP contribution < -0.4 is 20.7 Å². The van der Waals surface area contributed by atoms with Crippen LogP contribution in [0, 0.1) is 17.3 Å². The fourth-order valence-corrected chi connectivity index (χ4v) is 21.0. The average Bonchev–Trinajstić information content (AvgIpc) is 3.62. The van der Waals surface area contributed by atoms with Crippen molar-refractivity contribution in [3.8, 4) is 0 Å². The molecule has 3 aliphatic carbocycles. The van der Waals surface area contributed by atoms with Crippen molar-refractivity contribution in [2.75, 3.05) is 0 Å². The first-order valence-corrected chi connectivity index (χ1v) is 26.4. The molecule has 7 rings (SSSR count). The van der Waals surface area contributed by atoms with Crippen molar-refractivity contribution in [2.45, 2.75) is 116 Å². The lowest BCUT2D eigenvalue weighted by Gasteiger charge is -2.49. The van der Waals surface area contributed by atoms with Gasteiger partial charge in [0, 0.05) is 6.42 Å². The summed E-state index contributed by atoms with van der Waals surface area (Å²) in [5.74, 6) is 0.859. The molecule has 0 N–H and O–H groups in total. The highest BCUT2D eigenvalue weighted by Crippen LogP contribution is 2.59. The SMILES string of the molecule is C=C1/C(=C\C=C2/CCC[C@]3(C)[C@@H](C(=C)/C=C/C=O)CC[C@@H]23)C[C@@H](O[Si](c2ccccc2)(c2ccccc2)C(C)(C)C)C[C@@H]1O[Si](c1ccccc1)(c1ccccc1)C(C)(C)C. The van der Waals surface area contributed by atoms with E-state index < -0.39 is 16.6 Å². The molecule has 5 heteroatoms. The highest BCUT2D eigenvalue weighted by Gasteiger charge is 2.55.